The van der Waals surface area contributed by atoms with Crippen LogP contribution in [0.5, 0.6) is 5.75 Å². The van der Waals surface area contributed by atoms with Crippen molar-refractivity contribution in [3.63, 3.8) is 0 Å². The Bertz CT molecular complexity index is 367. The number of anilines is 1. The van der Waals surface area contributed by atoms with E-state index in [2.05, 4.69) is 0 Å². The summed E-state index contributed by atoms with van der Waals surface area (Å²) in [6.07, 6.45) is 0. The van der Waals surface area contributed by atoms with Crippen molar-refractivity contribution >= 4 is 22.7 Å². The number of hydrogen-bond acceptors (Lipinski definition) is 2. The van der Waals surface area contributed by atoms with E-state index in [4.69, 9.17) is 16.3 Å². The van der Waals surface area contributed by atoms with Gasteiger partial charge in [0.25, 0.3) is 0 Å². The zero-order valence-corrected chi connectivity index (χ0v) is 8.49. The van der Waals surface area contributed by atoms with Crippen molar-refractivity contribution in [3.05, 3.63) is 24.3 Å². The second-order valence-electron chi connectivity index (χ2n) is 3.25. The Labute approximate surface area is 87.2 Å². The van der Waals surface area contributed by atoms with E-state index in [0.29, 0.717) is 12.4 Å². The fourth-order valence-corrected chi connectivity index (χ4v) is 1.83. The van der Waals surface area contributed by atoms with E-state index in [0.717, 1.165) is 5.69 Å². The Hall–Kier alpha value is -1.22. The maximum absolute atomic E-state index is 11.2. The number of hydrogen-bond donors (Lipinski definition) is 0. The summed E-state index contributed by atoms with van der Waals surface area (Å²) in [6.45, 7) is 2.38. The maximum Gasteiger partial charge on any atom is 0.321 e. The van der Waals surface area contributed by atoms with Crippen LogP contribution in [0.15, 0.2) is 24.3 Å². The molecule has 0 spiro atoms. The van der Waals surface area contributed by atoms with Crippen molar-refractivity contribution in [2.75, 3.05) is 11.5 Å². The highest BCUT2D eigenvalue weighted by atomic mass is 35.5. The molecule has 0 saturated carbocycles. The van der Waals surface area contributed by atoms with Crippen molar-refractivity contribution < 1.29 is 9.53 Å². The molecule has 4 heteroatoms. The van der Waals surface area contributed by atoms with Gasteiger partial charge < -0.3 is 4.74 Å². The Morgan fingerprint density at radius 1 is 1.57 bits per heavy atom. The highest BCUT2D eigenvalue weighted by molar-refractivity contribution is 6.66. The third-order valence-corrected chi connectivity index (χ3v) is 2.42. The summed E-state index contributed by atoms with van der Waals surface area (Å²) < 4.78 is 5.46. The minimum absolute atomic E-state index is 0.0186. The molecule has 1 unspecified atom stereocenters. The molecule has 1 atom stereocenters. The fraction of sp³-hybridized carbons (Fsp3) is 0.300. The molecular weight excluding hydrogens is 202 g/mol. The molecule has 0 saturated heterocycles. The molecule has 1 amide bonds. The number of amides is 1. The predicted molar refractivity (Wildman–Crippen MR) is 55.1 cm³/mol. The van der Waals surface area contributed by atoms with E-state index >= 15 is 0 Å². The van der Waals surface area contributed by atoms with Gasteiger partial charge in [-0.1, -0.05) is 12.1 Å². The summed E-state index contributed by atoms with van der Waals surface area (Å²) in [7, 11) is 0. The van der Waals surface area contributed by atoms with Crippen molar-refractivity contribution in [2.24, 2.45) is 0 Å². The van der Waals surface area contributed by atoms with E-state index in [-0.39, 0.29) is 6.04 Å². The number of fused-ring (bicyclic) bond motifs is 1. The van der Waals surface area contributed by atoms with Crippen molar-refractivity contribution in [1.29, 1.82) is 0 Å². The van der Waals surface area contributed by atoms with Gasteiger partial charge in [0, 0.05) is 0 Å². The first-order valence-electron chi connectivity index (χ1n) is 4.40. The van der Waals surface area contributed by atoms with Crippen LogP contribution < -0.4 is 9.64 Å². The molecule has 0 fully saturated rings. The molecular formula is C10H10ClNO2. The van der Waals surface area contributed by atoms with Gasteiger partial charge in [0.15, 0.2) is 0 Å². The van der Waals surface area contributed by atoms with Gasteiger partial charge in [0.05, 0.1) is 11.7 Å². The van der Waals surface area contributed by atoms with Gasteiger partial charge in [0.2, 0.25) is 0 Å². The number of para-hydroxylation sites is 2. The lowest BCUT2D eigenvalue weighted by Gasteiger charge is -2.33. The molecule has 1 aromatic rings. The van der Waals surface area contributed by atoms with E-state index in [9.17, 15) is 4.79 Å². The molecule has 1 aliphatic heterocycles. The Morgan fingerprint density at radius 3 is 3.00 bits per heavy atom. The van der Waals surface area contributed by atoms with Gasteiger partial charge in [0.1, 0.15) is 12.4 Å². The molecule has 0 N–H and O–H groups in total. The van der Waals surface area contributed by atoms with Crippen molar-refractivity contribution in [2.45, 2.75) is 13.0 Å². The van der Waals surface area contributed by atoms with E-state index in [1.165, 1.54) is 0 Å². The van der Waals surface area contributed by atoms with E-state index in [1.807, 2.05) is 31.2 Å². The summed E-state index contributed by atoms with van der Waals surface area (Å²) in [6, 6.07) is 7.35. The lowest BCUT2D eigenvalue weighted by molar-refractivity contribution is 0.245. The third kappa shape index (κ3) is 1.44. The highest BCUT2D eigenvalue weighted by Gasteiger charge is 2.27. The molecule has 1 aromatic carbocycles. The molecule has 1 aliphatic rings. The molecule has 0 radical (unpaired) electrons. The third-order valence-electron chi connectivity index (χ3n) is 2.24. The first-order chi connectivity index (χ1) is 6.70. The summed E-state index contributed by atoms with van der Waals surface area (Å²) >= 11 is 5.51. The number of nitrogens with zero attached hydrogens (tertiary/aromatic N) is 1. The summed E-state index contributed by atoms with van der Waals surface area (Å²) in [5.74, 6) is 0.708. The van der Waals surface area contributed by atoms with Crippen LogP contribution in [0, 0.1) is 0 Å². The van der Waals surface area contributed by atoms with Crippen LogP contribution in [0.25, 0.3) is 0 Å². The average molecular weight is 212 g/mol. The van der Waals surface area contributed by atoms with Crippen molar-refractivity contribution in [1.82, 2.24) is 0 Å². The number of carbonyl (C=O) groups excluding carboxylic acids is 1. The summed E-state index contributed by atoms with van der Waals surface area (Å²) in [5.41, 5.74) is 0.742. The number of ether oxygens (including phenoxy) is 1. The van der Waals surface area contributed by atoms with Crippen LogP contribution in [0.1, 0.15) is 6.92 Å². The van der Waals surface area contributed by atoms with Gasteiger partial charge in [-0.3, -0.25) is 9.69 Å². The fourth-order valence-electron chi connectivity index (χ4n) is 1.57. The SMILES string of the molecule is CC1COc2ccccc2N1C(=O)Cl. The van der Waals surface area contributed by atoms with E-state index in [1.54, 1.807) is 4.90 Å². The zero-order valence-electron chi connectivity index (χ0n) is 7.74. The van der Waals surface area contributed by atoms with E-state index < -0.39 is 5.37 Å². The number of rotatable bonds is 0. The summed E-state index contributed by atoms with van der Waals surface area (Å²) in [5, 5.41) is -0.465. The lowest BCUT2D eigenvalue weighted by Crippen LogP contribution is -2.42. The molecule has 2 rings (SSSR count). The quantitative estimate of drug-likeness (QED) is 0.488. The molecule has 1 heterocycles. The Kier molecular flexibility index (Phi) is 2.33. The zero-order chi connectivity index (χ0) is 10.1. The van der Waals surface area contributed by atoms with Crippen LogP contribution in [0.3, 0.4) is 0 Å². The van der Waals surface area contributed by atoms with Crippen LogP contribution in [-0.2, 0) is 0 Å². The molecule has 14 heavy (non-hydrogen) atoms. The minimum atomic E-state index is -0.465. The lowest BCUT2D eigenvalue weighted by atomic mass is 10.2. The second kappa shape index (κ2) is 3.50. The molecule has 0 bridgehead atoms. The average Bonchev–Trinajstić information content (AvgIpc) is 2.17. The highest BCUT2D eigenvalue weighted by Crippen LogP contribution is 2.34. The Morgan fingerprint density at radius 2 is 2.29 bits per heavy atom. The van der Waals surface area contributed by atoms with Crippen LogP contribution in [-0.4, -0.2) is 18.0 Å². The van der Waals surface area contributed by atoms with Gasteiger partial charge >= 0.3 is 5.37 Å². The number of halogens is 1. The van der Waals surface area contributed by atoms with Gasteiger partial charge in [-0.15, -0.1) is 0 Å². The molecule has 0 aliphatic carbocycles. The van der Waals surface area contributed by atoms with Gasteiger partial charge in [-0.25, -0.2) is 0 Å². The van der Waals surface area contributed by atoms with Gasteiger partial charge in [-0.05, 0) is 30.7 Å². The molecule has 74 valence electrons. The standard InChI is InChI=1S/C10H10ClNO2/c1-7-6-14-9-5-3-2-4-8(9)12(7)10(11)13/h2-5,7H,6H2,1H3. The molecule has 3 nitrogen and oxygen atoms in total. The van der Waals surface area contributed by atoms with Crippen LogP contribution in [0.4, 0.5) is 10.5 Å². The first-order valence-corrected chi connectivity index (χ1v) is 4.78. The Balaban J connectivity index is 2.46. The minimum Gasteiger partial charge on any atom is -0.489 e. The second-order valence-corrected chi connectivity index (χ2v) is 3.57. The summed E-state index contributed by atoms with van der Waals surface area (Å²) in [4.78, 5) is 12.7. The molecule has 0 aromatic heterocycles. The first kappa shape index (κ1) is 9.34. The van der Waals surface area contributed by atoms with Crippen LogP contribution in [0.2, 0.25) is 0 Å². The topological polar surface area (TPSA) is 29.5 Å². The smallest absolute Gasteiger partial charge is 0.321 e. The van der Waals surface area contributed by atoms with Crippen molar-refractivity contribution in [3.8, 4) is 5.75 Å². The largest absolute Gasteiger partial charge is 0.489 e. The monoisotopic (exact) mass is 211 g/mol. The number of benzene rings is 1. The normalized spacial score (nSPS) is 19.9. The predicted octanol–water partition coefficient (Wildman–Crippen LogP) is 2.63. The number of carbonyl (C=O) groups is 1. The maximum atomic E-state index is 11.2. The van der Waals surface area contributed by atoms with Crippen LogP contribution >= 0.6 is 11.6 Å². The van der Waals surface area contributed by atoms with Gasteiger partial charge in [-0.2, -0.15) is 0 Å².